The lowest BCUT2D eigenvalue weighted by atomic mass is 10.2. The number of hydrogen-bond donors (Lipinski definition) is 0. The van der Waals surface area contributed by atoms with Crippen LogP contribution in [0.4, 0.5) is 5.69 Å². The van der Waals surface area contributed by atoms with Gasteiger partial charge < -0.3 is 4.74 Å². The van der Waals surface area contributed by atoms with Crippen molar-refractivity contribution in [2.75, 3.05) is 17.7 Å². The molecule has 0 aliphatic heterocycles. The lowest BCUT2D eigenvalue weighted by molar-refractivity contribution is 0.0607. The van der Waals surface area contributed by atoms with Crippen molar-refractivity contribution in [3.05, 3.63) is 51.2 Å². The molecule has 0 bridgehead atoms. The van der Waals surface area contributed by atoms with Crippen LogP contribution in [0, 0.1) is 0 Å². The SMILES string of the molecule is COC(=O)c1sccc1N(Cc1ccc(Cl)cc1)S(C)(=O)=O. The molecule has 0 N–H and O–H groups in total. The van der Waals surface area contributed by atoms with Crippen molar-refractivity contribution in [3.63, 3.8) is 0 Å². The van der Waals surface area contributed by atoms with E-state index >= 15 is 0 Å². The van der Waals surface area contributed by atoms with Crippen LogP contribution >= 0.6 is 22.9 Å². The third kappa shape index (κ3) is 3.79. The maximum Gasteiger partial charge on any atom is 0.350 e. The molecule has 22 heavy (non-hydrogen) atoms. The summed E-state index contributed by atoms with van der Waals surface area (Å²) in [5.41, 5.74) is 1.08. The van der Waals surface area contributed by atoms with Gasteiger partial charge in [0, 0.05) is 5.02 Å². The van der Waals surface area contributed by atoms with Crippen LogP contribution in [0.3, 0.4) is 0 Å². The topological polar surface area (TPSA) is 63.7 Å². The van der Waals surface area contributed by atoms with Gasteiger partial charge in [-0.3, -0.25) is 4.31 Å². The molecular weight excluding hydrogens is 346 g/mol. The van der Waals surface area contributed by atoms with Gasteiger partial charge in [0.1, 0.15) is 4.88 Å². The minimum Gasteiger partial charge on any atom is -0.465 e. The normalized spacial score (nSPS) is 11.2. The quantitative estimate of drug-likeness (QED) is 0.769. The summed E-state index contributed by atoms with van der Waals surface area (Å²) in [4.78, 5) is 12.0. The highest BCUT2D eigenvalue weighted by molar-refractivity contribution is 7.92. The average molecular weight is 360 g/mol. The van der Waals surface area contributed by atoms with Gasteiger partial charge in [0.25, 0.3) is 0 Å². The smallest absolute Gasteiger partial charge is 0.350 e. The lowest BCUT2D eigenvalue weighted by Crippen LogP contribution is -2.30. The number of halogens is 1. The van der Waals surface area contributed by atoms with Crippen molar-refractivity contribution < 1.29 is 17.9 Å². The summed E-state index contributed by atoms with van der Waals surface area (Å²) in [6, 6.07) is 8.45. The van der Waals surface area contributed by atoms with Gasteiger partial charge in [-0.05, 0) is 29.1 Å². The molecular formula is C14H14ClNO4S2. The Bertz CT molecular complexity index is 768. The van der Waals surface area contributed by atoms with Gasteiger partial charge in [-0.2, -0.15) is 0 Å². The van der Waals surface area contributed by atoms with E-state index in [9.17, 15) is 13.2 Å². The van der Waals surface area contributed by atoms with Crippen molar-refractivity contribution in [3.8, 4) is 0 Å². The zero-order valence-corrected chi connectivity index (χ0v) is 14.3. The van der Waals surface area contributed by atoms with Crippen LogP contribution in [-0.4, -0.2) is 27.8 Å². The molecule has 118 valence electrons. The molecule has 5 nitrogen and oxygen atoms in total. The predicted molar refractivity (Wildman–Crippen MR) is 88.1 cm³/mol. The third-order valence-corrected chi connectivity index (χ3v) is 5.19. The van der Waals surface area contributed by atoms with E-state index in [2.05, 4.69) is 0 Å². The molecule has 1 heterocycles. The van der Waals surface area contributed by atoms with E-state index in [-0.39, 0.29) is 11.4 Å². The number of nitrogens with zero attached hydrogens (tertiary/aromatic N) is 1. The molecule has 0 atom stereocenters. The maximum absolute atomic E-state index is 12.1. The fourth-order valence-corrected chi connectivity index (χ4v) is 3.77. The highest BCUT2D eigenvalue weighted by Gasteiger charge is 2.25. The number of methoxy groups -OCH3 is 1. The standard InChI is InChI=1S/C14H14ClNO4S2/c1-20-14(17)13-12(7-8-21-13)16(22(2,18)19)9-10-3-5-11(15)6-4-10/h3-8H,9H2,1-2H3. The summed E-state index contributed by atoms with van der Waals surface area (Å²) in [7, 11) is -2.30. The van der Waals surface area contributed by atoms with Crippen LogP contribution in [0.5, 0.6) is 0 Å². The highest BCUT2D eigenvalue weighted by atomic mass is 35.5. The van der Waals surface area contributed by atoms with Gasteiger partial charge in [-0.25, -0.2) is 13.2 Å². The van der Waals surface area contributed by atoms with Crippen molar-refractivity contribution in [2.24, 2.45) is 0 Å². The maximum atomic E-state index is 12.1. The Hall–Kier alpha value is -1.57. The second-order valence-corrected chi connectivity index (χ2v) is 7.78. The number of anilines is 1. The summed E-state index contributed by atoms with van der Waals surface area (Å²) in [5, 5.41) is 2.22. The zero-order valence-electron chi connectivity index (χ0n) is 11.9. The third-order valence-electron chi connectivity index (χ3n) is 2.92. The number of carbonyl (C=O) groups is 1. The van der Waals surface area contributed by atoms with Crippen molar-refractivity contribution >= 4 is 44.6 Å². The number of rotatable bonds is 5. The molecule has 8 heteroatoms. The van der Waals surface area contributed by atoms with Gasteiger partial charge in [0.15, 0.2) is 0 Å². The first-order valence-electron chi connectivity index (χ1n) is 6.21. The molecule has 0 saturated carbocycles. The Balaban J connectivity index is 2.42. The summed E-state index contributed by atoms with van der Waals surface area (Å²) in [5.74, 6) is -0.560. The fraction of sp³-hybridized carbons (Fsp3) is 0.214. The monoisotopic (exact) mass is 359 g/mol. The zero-order chi connectivity index (χ0) is 16.3. The van der Waals surface area contributed by atoms with E-state index < -0.39 is 16.0 Å². The van der Waals surface area contributed by atoms with Crippen LogP contribution in [0.25, 0.3) is 0 Å². The van der Waals surface area contributed by atoms with Crippen LogP contribution in [0.2, 0.25) is 5.02 Å². The predicted octanol–water partition coefficient (Wildman–Crippen LogP) is 3.15. The van der Waals surface area contributed by atoms with Crippen LogP contribution in [0.1, 0.15) is 15.2 Å². The number of hydrogen-bond acceptors (Lipinski definition) is 5. The number of ether oxygens (including phenoxy) is 1. The van der Waals surface area contributed by atoms with Gasteiger partial charge in [-0.1, -0.05) is 23.7 Å². The minimum atomic E-state index is -3.56. The van der Waals surface area contributed by atoms with Crippen molar-refractivity contribution in [2.45, 2.75) is 6.54 Å². The molecule has 0 radical (unpaired) electrons. The summed E-state index contributed by atoms with van der Waals surface area (Å²) in [6.45, 7) is 0.108. The highest BCUT2D eigenvalue weighted by Crippen LogP contribution is 2.30. The first-order chi connectivity index (χ1) is 10.3. The van der Waals surface area contributed by atoms with Crippen LogP contribution < -0.4 is 4.31 Å². The van der Waals surface area contributed by atoms with Crippen LogP contribution in [0.15, 0.2) is 35.7 Å². The Morgan fingerprint density at radius 2 is 1.91 bits per heavy atom. The molecule has 0 unspecified atom stereocenters. The van der Waals surface area contributed by atoms with E-state index in [1.165, 1.54) is 11.4 Å². The number of esters is 1. The molecule has 0 saturated heterocycles. The van der Waals surface area contributed by atoms with E-state index in [1.54, 1.807) is 35.7 Å². The Morgan fingerprint density at radius 1 is 1.27 bits per heavy atom. The Labute approximate surface area is 138 Å². The van der Waals surface area contributed by atoms with E-state index in [0.717, 1.165) is 23.2 Å². The number of carbonyl (C=O) groups excluding carboxylic acids is 1. The molecule has 1 aromatic carbocycles. The van der Waals surface area contributed by atoms with E-state index in [0.29, 0.717) is 10.7 Å². The Morgan fingerprint density at radius 3 is 2.45 bits per heavy atom. The Kier molecular flexibility index (Phi) is 5.10. The average Bonchev–Trinajstić information content (AvgIpc) is 2.93. The molecule has 2 aromatic rings. The molecule has 0 spiro atoms. The number of sulfonamides is 1. The van der Waals surface area contributed by atoms with Crippen LogP contribution in [-0.2, 0) is 21.3 Å². The summed E-state index contributed by atoms with van der Waals surface area (Å²) < 4.78 is 30.1. The molecule has 0 aliphatic rings. The van der Waals surface area contributed by atoms with Crippen molar-refractivity contribution in [1.82, 2.24) is 0 Å². The first-order valence-corrected chi connectivity index (χ1v) is 9.31. The van der Waals surface area contributed by atoms with Gasteiger partial charge in [0.05, 0.1) is 25.6 Å². The minimum absolute atomic E-state index is 0.108. The van der Waals surface area contributed by atoms with Gasteiger partial charge in [0.2, 0.25) is 10.0 Å². The number of thiophene rings is 1. The molecule has 2 rings (SSSR count). The first kappa shape index (κ1) is 16.8. The van der Waals surface area contributed by atoms with Crippen molar-refractivity contribution in [1.29, 1.82) is 0 Å². The van der Waals surface area contributed by atoms with E-state index in [1.807, 2.05) is 0 Å². The van der Waals surface area contributed by atoms with Gasteiger partial charge >= 0.3 is 5.97 Å². The second-order valence-electron chi connectivity index (χ2n) is 4.52. The molecule has 0 amide bonds. The lowest BCUT2D eigenvalue weighted by Gasteiger charge is -2.22. The second kappa shape index (κ2) is 6.68. The van der Waals surface area contributed by atoms with E-state index in [4.69, 9.17) is 16.3 Å². The summed E-state index contributed by atoms with van der Waals surface area (Å²) >= 11 is 6.97. The largest absolute Gasteiger partial charge is 0.465 e. The summed E-state index contributed by atoms with van der Waals surface area (Å²) in [6.07, 6.45) is 1.10. The molecule has 0 aliphatic carbocycles. The fourth-order valence-electron chi connectivity index (χ4n) is 1.88. The van der Waals surface area contributed by atoms with Gasteiger partial charge in [-0.15, -0.1) is 11.3 Å². The number of benzene rings is 1. The molecule has 1 aromatic heterocycles. The molecule has 0 fully saturated rings.